The van der Waals surface area contributed by atoms with E-state index in [1.54, 1.807) is 16.8 Å². The Morgan fingerprint density at radius 2 is 1.74 bits per heavy atom. The molecule has 0 aliphatic carbocycles. The summed E-state index contributed by atoms with van der Waals surface area (Å²) in [7, 11) is 1.64. The van der Waals surface area contributed by atoms with Crippen molar-refractivity contribution in [2.24, 2.45) is 5.10 Å². The van der Waals surface area contributed by atoms with Crippen LogP contribution in [0.1, 0.15) is 23.6 Å². The van der Waals surface area contributed by atoms with E-state index < -0.39 is 0 Å². The number of aromatic nitrogens is 2. The van der Waals surface area contributed by atoms with Crippen LogP contribution < -0.4 is 4.74 Å². The van der Waals surface area contributed by atoms with Crippen molar-refractivity contribution in [1.82, 2.24) is 14.8 Å². The summed E-state index contributed by atoms with van der Waals surface area (Å²) in [6.45, 7) is 0. The van der Waals surface area contributed by atoms with E-state index in [9.17, 15) is 4.79 Å². The third-order valence-electron chi connectivity index (χ3n) is 5.62. The van der Waals surface area contributed by atoms with E-state index in [-0.39, 0.29) is 17.7 Å². The van der Waals surface area contributed by atoms with Crippen LogP contribution in [0.25, 0.3) is 5.69 Å². The van der Waals surface area contributed by atoms with Gasteiger partial charge in [-0.25, -0.2) is 9.69 Å². The van der Waals surface area contributed by atoms with Gasteiger partial charge in [-0.1, -0.05) is 83.8 Å². The van der Waals surface area contributed by atoms with E-state index in [0.717, 1.165) is 32.6 Å². The van der Waals surface area contributed by atoms with Crippen molar-refractivity contribution >= 4 is 46.9 Å². The molecule has 2 heterocycles. The van der Waals surface area contributed by atoms with Gasteiger partial charge in [-0.05, 0) is 47.6 Å². The molecule has 1 amide bonds. The molecule has 6 nitrogen and oxygen atoms in total. The summed E-state index contributed by atoms with van der Waals surface area (Å²) in [5, 5.41) is 11.0. The molecule has 5 rings (SSSR count). The van der Waals surface area contributed by atoms with Crippen LogP contribution in [0.2, 0.25) is 0 Å². The molecule has 0 fully saturated rings. The number of thioether (sulfide) groups is 1. The molecule has 9 heteroatoms. The highest BCUT2D eigenvalue weighted by molar-refractivity contribution is 8.01. The second-order valence-electron chi connectivity index (χ2n) is 7.81. The summed E-state index contributed by atoms with van der Waals surface area (Å²) in [5.41, 5.74) is 3.84. The number of hydrazone groups is 1. The van der Waals surface area contributed by atoms with Gasteiger partial charge in [0.2, 0.25) is 0 Å². The Morgan fingerprint density at radius 1 is 1.06 bits per heavy atom. The molecule has 176 valence electrons. The van der Waals surface area contributed by atoms with Gasteiger partial charge in [-0.3, -0.25) is 4.79 Å². The summed E-state index contributed by atoms with van der Waals surface area (Å²) >= 11 is 8.28. The first-order valence-corrected chi connectivity index (χ1v) is 13.2. The van der Waals surface area contributed by atoms with Gasteiger partial charge < -0.3 is 4.74 Å². The summed E-state index contributed by atoms with van der Waals surface area (Å²) < 4.78 is 8.43. The number of carbonyl (C=O) groups is 1. The standard InChI is InChI=1S/C26H22N4O2S3/c1-32-21-14-12-19(13-15-21)23-16-22(18-8-4-2-5-9-18)27-30(23)24(31)17-34-25-28-29(26(33)35-25)20-10-6-3-7-11-20/h2-15,23H,16-17H2,1H3/t23-/m0/s1. The van der Waals surface area contributed by atoms with Gasteiger partial charge in [0.1, 0.15) is 5.75 Å². The third kappa shape index (κ3) is 5.22. The number of carbonyl (C=O) groups excluding carboxylic acids is 1. The molecule has 0 saturated heterocycles. The number of hydrogen-bond acceptors (Lipinski definition) is 7. The highest BCUT2D eigenvalue weighted by Gasteiger charge is 2.33. The average Bonchev–Trinajstić information content (AvgIpc) is 3.52. The zero-order valence-corrected chi connectivity index (χ0v) is 21.4. The molecule has 35 heavy (non-hydrogen) atoms. The lowest BCUT2D eigenvalue weighted by Crippen LogP contribution is -2.28. The molecule has 1 atom stereocenters. The molecule has 0 saturated carbocycles. The fraction of sp³-hybridized carbons (Fsp3) is 0.154. The first kappa shape index (κ1) is 23.5. The van der Waals surface area contributed by atoms with Crippen LogP contribution in [0, 0.1) is 3.95 Å². The Morgan fingerprint density at radius 3 is 2.43 bits per heavy atom. The maximum Gasteiger partial charge on any atom is 0.253 e. The summed E-state index contributed by atoms with van der Waals surface area (Å²) in [5.74, 6) is 0.920. The normalized spacial score (nSPS) is 15.2. The second kappa shape index (κ2) is 10.6. The first-order valence-electron chi connectivity index (χ1n) is 11.0. The Labute approximate surface area is 216 Å². The van der Waals surface area contributed by atoms with E-state index >= 15 is 0 Å². The number of methoxy groups -OCH3 is 1. The van der Waals surface area contributed by atoms with Crippen molar-refractivity contribution in [3.63, 3.8) is 0 Å². The number of nitrogens with zero attached hydrogens (tertiary/aromatic N) is 4. The van der Waals surface area contributed by atoms with Gasteiger partial charge in [-0.15, -0.1) is 5.10 Å². The van der Waals surface area contributed by atoms with Crippen molar-refractivity contribution in [1.29, 1.82) is 0 Å². The average molecular weight is 519 g/mol. The van der Waals surface area contributed by atoms with Gasteiger partial charge in [-0.2, -0.15) is 5.10 Å². The van der Waals surface area contributed by atoms with Gasteiger partial charge in [0.05, 0.1) is 30.3 Å². The second-order valence-corrected chi connectivity index (χ2v) is 10.7. The van der Waals surface area contributed by atoms with Crippen LogP contribution in [-0.2, 0) is 4.79 Å². The molecule has 0 N–H and O–H groups in total. The minimum Gasteiger partial charge on any atom is -0.497 e. The van der Waals surface area contributed by atoms with Crippen LogP contribution in [-0.4, -0.2) is 39.3 Å². The van der Waals surface area contributed by atoms with Gasteiger partial charge >= 0.3 is 0 Å². The van der Waals surface area contributed by atoms with Crippen molar-refractivity contribution < 1.29 is 9.53 Å². The molecular formula is C26H22N4O2S3. The smallest absolute Gasteiger partial charge is 0.253 e. The van der Waals surface area contributed by atoms with Crippen LogP contribution in [0.3, 0.4) is 0 Å². The highest BCUT2D eigenvalue weighted by atomic mass is 32.2. The molecule has 0 spiro atoms. The number of amides is 1. The Hall–Kier alpha value is -3.27. The third-order valence-corrected chi connectivity index (χ3v) is 7.97. The highest BCUT2D eigenvalue weighted by Crippen LogP contribution is 2.35. The molecule has 0 unspecified atom stereocenters. The number of ether oxygens (including phenoxy) is 1. The number of benzene rings is 3. The number of rotatable bonds is 7. The van der Waals surface area contributed by atoms with Crippen molar-refractivity contribution in [2.45, 2.75) is 16.8 Å². The van der Waals surface area contributed by atoms with Crippen LogP contribution in [0.15, 0.2) is 94.4 Å². The van der Waals surface area contributed by atoms with Crippen molar-refractivity contribution in [3.05, 3.63) is 100 Å². The van der Waals surface area contributed by atoms with E-state index in [1.165, 1.54) is 23.1 Å². The molecule has 3 aromatic carbocycles. The van der Waals surface area contributed by atoms with E-state index in [4.69, 9.17) is 22.1 Å². The molecule has 0 bridgehead atoms. The SMILES string of the molecule is COc1ccc([C@@H]2CC(c3ccccc3)=NN2C(=O)CSc2nn(-c3ccccc3)c(=S)s2)cc1. The number of hydrogen-bond donors (Lipinski definition) is 0. The van der Waals surface area contributed by atoms with Crippen molar-refractivity contribution in [2.75, 3.05) is 12.9 Å². The minimum atomic E-state index is -0.177. The Bertz CT molecular complexity index is 1400. The maximum atomic E-state index is 13.4. The minimum absolute atomic E-state index is 0.0749. The molecule has 1 aliphatic heterocycles. The predicted molar refractivity (Wildman–Crippen MR) is 143 cm³/mol. The fourth-order valence-electron chi connectivity index (χ4n) is 3.87. The van der Waals surface area contributed by atoms with Gasteiger partial charge in [0.25, 0.3) is 5.91 Å². The van der Waals surface area contributed by atoms with Crippen LogP contribution in [0.4, 0.5) is 0 Å². The lowest BCUT2D eigenvalue weighted by Gasteiger charge is -2.22. The predicted octanol–water partition coefficient (Wildman–Crippen LogP) is 6.14. The zero-order valence-electron chi connectivity index (χ0n) is 18.9. The van der Waals surface area contributed by atoms with Crippen molar-refractivity contribution in [3.8, 4) is 11.4 Å². The van der Waals surface area contributed by atoms with Crippen LogP contribution in [0.5, 0.6) is 5.75 Å². The Kier molecular flexibility index (Phi) is 7.08. The molecule has 1 aromatic heterocycles. The topological polar surface area (TPSA) is 59.7 Å². The maximum absolute atomic E-state index is 13.4. The quantitative estimate of drug-likeness (QED) is 0.217. The molecule has 1 aliphatic rings. The van der Waals surface area contributed by atoms with Gasteiger partial charge in [0, 0.05) is 6.42 Å². The summed E-state index contributed by atoms with van der Waals surface area (Å²) in [4.78, 5) is 13.4. The molecule has 4 aromatic rings. The monoisotopic (exact) mass is 518 g/mol. The number of para-hydroxylation sites is 1. The van der Waals surface area contributed by atoms with E-state index in [1.807, 2.05) is 84.9 Å². The zero-order chi connectivity index (χ0) is 24.2. The first-order chi connectivity index (χ1) is 17.1. The summed E-state index contributed by atoms with van der Waals surface area (Å²) in [6, 6.07) is 27.4. The fourth-order valence-corrected chi connectivity index (χ4v) is 6.09. The van der Waals surface area contributed by atoms with E-state index in [2.05, 4.69) is 5.10 Å². The molecular weight excluding hydrogens is 497 g/mol. The van der Waals surface area contributed by atoms with Crippen LogP contribution >= 0.6 is 35.3 Å². The lowest BCUT2D eigenvalue weighted by molar-refractivity contribution is -0.130. The van der Waals surface area contributed by atoms with E-state index in [0.29, 0.717) is 10.4 Å². The lowest BCUT2D eigenvalue weighted by atomic mass is 9.98. The summed E-state index contributed by atoms with van der Waals surface area (Å²) in [6.07, 6.45) is 0.647. The largest absolute Gasteiger partial charge is 0.497 e. The Balaban J connectivity index is 1.36. The van der Waals surface area contributed by atoms with Gasteiger partial charge in [0.15, 0.2) is 8.29 Å². The molecule has 0 radical (unpaired) electrons.